The summed E-state index contributed by atoms with van der Waals surface area (Å²) in [5.41, 5.74) is 3.47. The van der Waals surface area contributed by atoms with Crippen molar-refractivity contribution >= 4 is 12.2 Å². The molecule has 3 heteroatoms. The first-order valence-electron chi connectivity index (χ1n) is 6.22. The number of aromatic nitrogens is 2. The molecule has 0 radical (unpaired) electrons. The highest BCUT2D eigenvalue weighted by atomic mass is 32.1. The van der Waals surface area contributed by atoms with Gasteiger partial charge in [-0.2, -0.15) is 0 Å². The average molecular weight is 258 g/mol. The standard InChI is InChI=1S/C15H18N2S/c1-10(2)7-13-9-14(18)17-15(16-13)12-6-4-5-11(3)8-12/h4-6,8-10H,7H2,1-3H3,(H,16,17,18). The maximum absolute atomic E-state index is 5.24. The van der Waals surface area contributed by atoms with E-state index in [1.807, 2.05) is 12.1 Å². The van der Waals surface area contributed by atoms with Gasteiger partial charge in [-0.05, 0) is 31.4 Å². The van der Waals surface area contributed by atoms with Crippen LogP contribution in [0.25, 0.3) is 11.4 Å². The predicted molar refractivity (Wildman–Crippen MR) is 78.1 cm³/mol. The minimum Gasteiger partial charge on any atom is -0.343 e. The molecule has 1 aromatic heterocycles. The van der Waals surface area contributed by atoms with Gasteiger partial charge in [-0.15, -0.1) is 0 Å². The molecule has 1 aromatic carbocycles. The van der Waals surface area contributed by atoms with E-state index in [0.717, 1.165) is 23.5 Å². The highest BCUT2D eigenvalue weighted by Crippen LogP contribution is 2.17. The molecule has 0 saturated carbocycles. The zero-order valence-corrected chi connectivity index (χ0v) is 11.8. The number of hydrogen-bond acceptors (Lipinski definition) is 2. The van der Waals surface area contributed by atoms with Crippen LogP contribution in [0.1, 0.15) is 25.1 Å². The zero-order valence-electron chi connectivity index (χ0n) is 11.0. The van der Waals surface area contributed by atoms with Crippen LogP contribution in [0, 0.1) is 17.5 Å². The summed E-state index contributed by atoms with van der Waals surface area (Å²) >= 11 is 5.24. The van der Waals surface area contributed by atoms with Crippen molar-refractivity contribution in [2.75, 3.05) is 0 Å². The Morgan fingerprint density at radius 2 is 2.06 bits per heavy atom. The van der Waals surface area contributed by atoms with Crippen LogP contribution in [0.5, 0.6) is 0 Å². The number of nitrogens with zero attached hydrogens (tertiary/aromatic N) is 1. The Hall–Kier alpha value is -1.48. The number of benzene rings is 1. The second-order valence-corrected chi connectivity index (χ2v) is 5.48. The molecule has 1 heterocycles. The van der Waals surface area contributed by atoms with E-state index < -0.39 is 0 Å². The molecule has 2 aromatic rings. The molecule has 0 spiro atoms. The van der Waals surface area contributed by atoms with E-state index in [-0.39, 0.29) is 0 Å². The summed E-state index contributed by atoms with van der Waals surface area (Å²) < 4.78 is 0.654. The van der Waals surface area contributed by atoms with Gasteiger partial charge in [-0.3, -0.25) is 0 Å². The molecule has 2 rings (SSSR count). The lowest BCUT2D eigenvalue weighted by Gasteiger charge is -2.08. The van der Waals surface area contributed by atoms with Gasteiger partial charge in [0.05, 0.1) is 0 Å². The second-order valence-electron chi connectivity index (χ2n) is 5.06. The van der Waals surface area contributed by atoms with Gasteiger partial charge in [-0.25, -0.2) is 4.98 Å². The van der Waals surface area contributed by atoms with Crippen LogP contribution in [-0.4, -0.2) is 9.97 Å². The Bertz CT molecular complexity index is 599. The van der Waals surface area contributed by atoms with Crippen LogP contribution in [0.15, 0.2) is 30.3 Å². The largest absolute Gasteiger partial charge is 0.343 e. The molecule has 0 aliphatic carbocycles. The smallest absolute Gasteiger partial charge is 0.139 e. The molecule has 0 unspecified atom stereocenters. The van der Waals surface area contributed by atoms with Gasteiger partial charge in [0.15, 0.2) is 0 Å². The van der Waals surface area contributed by atoms with Gasteiger partial charge in [0, 0.05) is 11.3 Å². The van der Waals surface area contributed by atoms with Crippen molar-refractivity contribution in [2.45, 2.75) is 27.2 Å². The molecule has 0 fully saturated rings. The lowest BCUT2D eigenvalue weighted by atomic mass is 10.1. The third-order valence-corrected chi connectivity index (χ3v) is 2.93. The van der Waals surface area contributed by atoms with E-state index in [4.69, 9.17) is 12.2 Å². The van der Waals surface area contributed by atoms with E-state index in [1.54, 1.807) is 0 Å². The lowest BCUT2D eigenvalue weighted by molar-refractivity contribution is 0.634. The van der Waals surface area contributed by atoms with Crippen LogP contribution >= 0.6 is 12.2 Å². The molecule has 18 heavy (non-hydrogen) atoms. The summed E-state index contributed by atoms with van der Waals surface area (Å²) in [6, 6.07) is 10.2. The van der Waals surface area contributed by atoms with E-state index in [9.17, 15) is 0 Å². The fraction of sp³-hybridized carbons (Fsp3) is 0.333. The van der Waals surface area contributed by atoms with Crippen molar-refractivity contribution in [3.63, 3.8) is 0 Å². The average Bonchev–Trinajstić information content (AvgIpc) is 2.27. The number of rotatable bonds is 3. The SMILES string of the molecule is Cc1cccc(-c2nc(=S)cc(CC(C)C)[nH]2)c1. The summed E-state index contributed by atoms with van der Waals surface area (Å²) in [5.74, 6) is 1.46. The predicted octanol–water partition coefficient (Wildman–Crippen LogP) is 4.31. The molecular formula is C15H18N2S. The van der Waals surface area contributed by atoms with Gasteiger partial charge in [-0.1, -0.05) is 49.8 Å². The van der Waals surface area contributed by atoms with Crippen LogP contribution in [0.2, 0.25) is 0 Å². The molecule has 94 valence electrons. The van der Waals surface area contributed by atoms with Crippen molar-refractivity contribution in [1.82, 2.24) is 9.97 Å². The minimum absolute atomic E-state index is 0.600. The van der Waals surface area contributed by atoms with Gasteiger partial charge >= 0.3 is 0 Å². The summed E-state index contributed by atoms with van der Waals surface area (Å²) in [6.07, 6.45) is 0.991. The van der Waals surface area contributed by atoms with E-state index in [2.05, 4.69) is 48.9 Å². The van der Waals surface area contributed by atoms with Crippen molar-refractivity contribution < 1.29 is 0 Å². The number of aromatic amines is 1. The first kappa shape index (κ1) is 13.0. The number of aryl methyl sites for hydroxylation is 1. The molecule has 0 atom stereocenters. The molecule has 2 nitrogen and oxygen atoms in total. The van der Waals surface area contributed by atoms with Crippen molar-refractivity contribution in [3.05, 3.63) is 46.2 Å². The molecule has 0 bridgehead atoms. The Morgan fingerprint density at radius 3 is 2.72 bits per heavy atom. The maximum atomic E-state index is 5.24. The molecule has 0 aliphatic heterocycles. The van der Waals surface area contributed by atoms with E-state index >= 15 is 0 Å². The van der Waals surface area contributed by atoms with Gasteiger partial charge in [0.25, 0.3) is 0 Å². The first-order chi connectivity index (χ1) is 8.54. The van der Waals surface area contributed by atoms with Crippen molar-refractivity contribution in [1.29, 1.82) is 0 Å². The number of hydrogen-bond donors (Lipinski definition) is 1. The van der Waals surface area contributed by atoms with Crippen molar-refractivity contribution in [3.8, 4) is 11.4 Å². The van der Waals surface area contributed by atoms with E-state index in [1.165, 1.54) is 5.56 Å². The third kappa shape index (κ3) is 3.26. The topological polar surface area (TPSA) is 28.7 Å². The highest BCUT2D eigenvalue weighted by molar-refractivity contribution is 7.71. The van der Waals surface area contributed by atoms with Crippen LogP contribution < -0.4 is 0 Å². The third-order valence-electron chi connectivity index (χ3n) is 2.72. The minimum atomic E-state index is 0.600. The Morgan fingerprint density at radius 1 is 1.28 bits per heavy atom. The summed E-state index contributed by atoms with van der Waals surface area (Å²) in [7, 11) is 0. The highest BCUT2D eigenvalue weighted by Gasteiger charge is 2.04. The maximum Gasteiger partial charge on any atom is 0.139 e. The quantitative estimate of drug-likeness (QED) is 0.831. The summed E-state index contributed by atoms with van der Waals surface area (Å²) in [5, 5.41) is 0. The summed E-state index contributed by atoms with van der Waals surface area (Å²) in [6.45, 7) is 6.48. The molecule has 0 aliphatic rings. The Kier molecular flexibility index (Phi) is 3.92. The van der Waals surface area contributed by atoms with Crippen LogP contribution in [-0.2, 0) is 6.42 Å². The Balaban J connectivity index is 2.45. The fourth-order valence-electron chi connectivity index (χ4n) is 1.99. The van der Waals surface area contributed by atoms with Gasteiger partial charge in [0.1, 0.15) is 10.5 Å². The molecule has 0 amide bonds. The number of nitrogens with one attached hydrogen (secondary N) is 1. The lowest BCUT2D eigenvalue weighted by Crippen LogP contribution is -2.00. The molecular weight excluding hydrogens is 240 g/mol. The fourth-order valence-corrected chi connectivity index (χ4v) is 2.22. The first-order valence-corrected chi connectivity index (χ1v) is 6.62. The molecule has 0 saturated heterocycles. The monoisotopic (exact) mass is 258 g/mol. The van der Waals surface area contributed by atoms with Crippen molar-refractivity contribution in [2.24, 2.45) is 5.92 Å². The zero-order chi connectivity index (χ0) is 13.1. The second kappa shape index (κ2) is 5.44. The van der Waals surface area contributed by atoms with Crippen LogP contribution in [0.3, 0.4) is 0 Å². The van der Waals surface area contributed by atoms with E-state index in [0.29, 0.717) is 10.6 Å². The molecule has 1 N–H and O–H groups in total. The summed E-state index contributed by atoms with van der Waals surface area (Å²) in [4.78, 5) is 7.79. The number of H-pyrrole nitrogens is 1. The van der Waals surface area contributed by atoms with Gasteiger partial charge in [0.2, 0.25) is 0 Å². The van der Waals surface area contributed by atoms with Gasteiger partial charge < -0.3 is 4.98 Å². The normalized spacial score (nSPS) is 10.9. The van der Waals surface area contributed by atoms with Crippen LogP contribution in [0.4, 0.5) is 0 Å². The Labute approximate surface area is 113 Å².